The Kier molecular flexibility index (Phi) is 48.1. The smallest absolute Gasteiger partial charge is 0.220 e. The van der Waals surface area contributed by atoms with Crippen molar-refractivity contribution in [2.24, 2.45) is 0 Å². The van der Waals surface area contributed by atoms with Gasteiger partial charge in [0.2, 0.25) is 5.91 Å². The number of carbonyl (C=O) groups excluding carboxylic acids is 1. The monoisotopic (exact) mass is 850 g/mol. The molecule has 3 N–H and O–H groups in total. The molecule has 0 saturated carbocycles. The van der Waals surface area contributed by atoms with Gasteiger partial charge in [-0.2, -0.15) is 0 Å². The van der Waals surface area contributed by atoms with Crippen LogP contribution in [0.25, 0.3) is 0 Å². The molecule has 2 unspecified atom stereocenters. The average Bonchev–Trinajstić information content (AvgIpc) is 3.28. The zero-order valence-electron chi connectivity index (χ0n) is 39.6. The summed E-state index contributed by atoms with van der Waals surface area (Å²) in [7, 11) is 0. The summed E-state index contributed by atoms with van der Waals surface area (Å²) in [6, 6.07) is -0.660. The SMILES string of the molecule is CC/C=C\C/C=C\C/C=C\C/C=C\C/C=C\C/C=C\C/C=C\C/C=C\C/C=C\C/C=C\C/C=C\CCCCCCCC(=O)NC(CO)C(O)/C=C/CC/C=C/CCCCCCC. The minimum Gasteiger partial charge on any atom is -0.394 e. The van der Waals surface area contributed by atoms with Crippen molar-refractivity contribution in [1.29, 1.82) is 0 Å². The number of aliphatic hydroxyl groups is 2. The van der Waals surface area contributed by atoms with Crippen molar-refractivity contribution in [2.75, 3.05) is 6.61 Å². The summed E-state index contributed by atoms with van der Waals surface area (Å²) >= 11 is 0. The third-order valence-corrected chi connectivity index (χ3v) is 9.99. The molecule has 4 heteroatoms. The fourth-order valence-electron chi connectivity index (χ4n) is 6.25. The standard InChI is InChI=1S/C58H91NO3/c1-3-5-7-9-11-13-15-16-17-18-19-20-21-22-23-24-25-26-27-28-29-30-31-32-33-34-35-36-37-38-39-40-41-42-44-46-48-50-52-54-58(62)59-56(55-60)57(61)53-51-49-47-45-43-14-12-10-8-6-4-2/h5,7,11,13,16-17,19-20,22-23,25-26,28-29,31-32,34-35,37-38,40-41,43,45,51,53,56-57,60-61H,3-4,6,8-10,12,14-15,18,21,24,27,30,33,36,39,42,44,46-50,52,54-55H2,1-2H3,(H,59,62)/b7-5-,13-11-,17-16-,20-19-,23-22-,26-25-,29-28-,32-31-,35-34-,38-37-,41-40-,45-43+,53-51+. The lowest BCUT2D eigenvalue weighted by atomic mass is 10.1. The number of amides is 1. The molecule has 0 fully saturated rings. The summed E-state index contributed by atoms with van der Waals surface area (Å²) < 4.78 is 0. The Bertz CT molecular complexity index is 1380. The molecule has 1 amide bonds. The summed E-state index contributed by atoms with van der Waals surface area (Å²) in [6.07, 6.45) is 83.7. The van der Waals surface area contributed by atoms with Crippen LogP contribution in [-0.4, -0.2) is 34.9 Å². The van der Waals surface area contributed by atoms with E-state index in [-0.39, 0.29) is 12.5 Å². The molecule has 4 nitrogen and oxygen atoms in total. The highest BCUT2D eigenvalue weighted by molar-refractivity contribution is 5.76. The molecule has 62 heavy (non-hydrogen) atoms. The van der Waals surface area contributed by atoms with Gasteiger partial charge < -0.3 is 15.5 Å². The summed E-state index contributed by atoms with van der Waals surface area (Å²) in [5.74, 6) is -0.103. The second kappa shape index (κ2) is 51.4. The lowest BCUT2D eigenvalue weighted by molar-refractivity contribution is -0.123. The van der Waals surface area contributed by atoms with Crippen LogP contribution in [-0.2, 0) is 4.79 Å². The van der Waals surface area contributed by atoms with Gasteiger partial charge in [0, 0.05) is 6.42 Å². The summed E-state index contributed by atoms with van der Waals surface area (Å²) in [4.78, 5) is 12.4. The first-order chi connectivity index (χ1) is 30.7. The maximum atomic E-state index is 12.4. The number of hydrogen-bond donors (Lipinski definition) is 3. The van der Waals surface area contributed by atoms with Gasteiger partial charge in [-0.3, -0.25) is 4.79 Å². The molecule has 0 spiro atoms. The molecule has 0 saturated heterocycles. The van der Waals surface area contributed by atoms with Gasteiger partial charge in [0.25, 0.3) is 0 Å². The Morgan fingerprint density at radius 3 is 1.13 bits per heavy atom. The molecular formula is C58H91NO3. The van der Waals surface area contributed by atoms with Crippen molar-refractivity contribution in [1.82, 2.24) is 5.32 Å². The predicted octanol–water partition coefficient (Wildman–Crippen LogP) is 16.2. The van der Waals surface area contributed by atoms with Gasteiger partial charge in [-0.1, -0.05) is 217 Å². The Labute approximate surface area is 382 Å². The number of allylic oxidation sites excluding steroid dienone is 25. The zero-order valence-corrected chi connectivity index (χ0v) is 39.6. The number of aliphatic hydroxyl groups excluding tert-OH is 2. The van der Waals surface area contributed by atoms with Crippen molar-refractivity contribution in [2.45, 2.75) is 193 Å². The highest BCUT2D eigenvalue weighted by Gasteiger charge is 2.17. The van der Waals surface area contributed by atoms with Gasteiger partial charge in [-0.05, 0) is 116 Å². The summed E-state index contributed by atoms with van der Waals surface area (Å²) in [5, 5.41) is 22.9. The van der Waals surface area contributed by atoms with Crippen molar-refractivity contribution in [3.63, 3.8) is 0 Å². The van der Waals surface area contributed by atoms with Gasteiger partial charge >= 0.3 is 0 Å². The summed E-state index contributed by atoms with van der Waals surface area (Å²) in [6.45, 7) is 4.12. The normalized spacial score (nSPS) is 14.3. The highest BCUT2D eigenvalue weighted by atomic mass is 16.3. The van der Waals surface area contributed by atoms with Crippen LogP contribution in [0.1, 0.15) is 181 Å². The van der Waals surface area contributed by atoms with Gasteiger partial charge in [-0.25, -0.2) is 0 Å². The minimum absolute atomic E-state index is 0.103. The van der Waals surface area contributed by atoms with E-state index in [1.165, 1.54) is 44.9 Å². The maximum absolute atomic E-state index is 12.4. The molecule has 0 aromatic rings. The van der Waals surface area contributed by atoms with E-state index >= 15 is 0 Å². The predicted molar refractivity (Wildman–Crippen MR) is 275 cm³/mol. The third kappa shape index (κ3) is 47.1. The van der Waals surface area contributed by atoms with Crippen molar-refractivity contribution < 1.29 is 15.0 Å². The Morgan fingerprint density at radius 2 is 0.726 bits per heavy atom. The molecule has 0 aliphatic carbocycles. The van der Waals surface area contributed by atoms with E-state index < -0.39 is 12.1 Å². The molecule has 0 aliphatic heterocycles. The van der Waals surface area contributed by atoms with Crippen LogP contribution in [0.15, 0.2) is 158 Å². The Morgan fingerprint density at radius 1 is 0.403 bits per heavy atom. The fourth-order valence-corrected chi connectivity index (χ4v) is 6.25. The van der Waals surface area contributed by atoms with E-state index in [4.69, 9.17) is 0 Å². The molecule has 0 heterocycles. The molecule has 0 radical (unpaired) electrons. The molecule has 2 atom stereocenters. The van der Waals surface area contributed by atoms with Crippen LogP contribution in [0.5, 0.6) is 0 Å². The van der Waals surface area contributed by atoms with Crippen molar-refractivity contribution in [3.8, 4) is 0 Å². The van der Waals surface area contributed by atoms with Crippen LogP contribution in [0.4, 0.5) is 0 Å². The van der Waals surface area contributed by atoms with E-state index in [0.29, 0.717) is 6.42 Å². The van der Waals surface area contributed by atoms with Crippen molar-refractivity contribution in [3.05, 3.63) is 158 Å². The zero-order chi connectivity index (χ0) is 44.9. The van der Waals surface area contributed by atoms with Crippen LogP contribution < -0.4 is 5.32 Å². The Balaban J connectivity index is 3.73. The molecule has 0 rings (SSSR count). The molecular weight excluding hydrogens is 759 g/mol. The second-order valence-electron chi connectivity index (χ2n) is 15.8. The average molecular weight is 850 g/mol. The molecule has 0 aromatic carbocycles. The molecule has 0 bridgehead atoms. The topological polar surface area (TPSA) is 69.6 Å². The van der Waals surface area contributed by atoms with Crippen LogP contribution in [0, 0.1) is 0 Å². The number of hydrogen-bond acceptors (Lipinski definition) is 3. The number of carbonyl (C=O) groups is 1. The fraction of sp³-hybridized carbons (Fsp3) is 0.534. The van der Waals surface area contributed by atoms with Crippen LogP contribution >= 0.6 is 0 Å². The summed E-state index contributed by atoms with van der Waals surface area (Å²) in [5.41, 5.74) is 0. The Hall–Kier alpha value is -3.99. The van der Waals surface area contributed by atoms with Gasteiger partial charge in [0.05, 0.1) is 18.8 Å². The highest BCUT2D eigenvalue weighted by Crippen LogP contribution is 2.10. The largest absolute Gasteiger partial charge is 0.394 e. The van der Waals surface area contributed by atoms with E-state index in [1.54, 1.807) is 6.08 Å². The molecule has 0 aliphatic rings. The minimum atomic E-state index is -0.880. The van der Waals surface area contributed by atoms with Crippen molar-refractivity contribution >= 4 is 5.91 Å². The van der Waals surface area contributed by atoms with Crippen LogP contribution in [0.3, 0.4) is 0 Å². The van der Waals surface area contributed by atoms with E-state index in [9.17, 15) is 15.0 Å². The van der Waals surface area contributed by atoms with E-state index in [0.717, 1.165) is 116 Å². The van der Waals surface area contributed by atoms with Crippen LogP contribution in [0.2, 0.25) is 0 Å². The number of unbranched alkanes of at least 4 members (excludes halogenated alkanes) is 11. The lowest BCUT2D eigenvalue weighted by Gasteiger charge is -2.19. The number of nitrogens with one attached hydrogen (secondary N) is 1. The maximum Gasteiger partial charge on any atom is 0.220 e. The first-order valence-corrected chi connectivity index (χ1v) is 24.7. The van der Waals surface area contributed by atoms with E-state index in [1.807, 2.05) is 6.08 Å². The third-order valence-electron chi connectivity index (χ3n) is 9.99. The van der Waals surface area contributed by atoms with Gasteiger partial charge in [-0.15, -0.1) is 0 Å². The molecule has 346 valence electrons. The van der Waals surface area contributed by atoms with Gasteiger partial charge in [0.1, 0.15) is 0 Å². The van der Waals surface area contributed by atoms with Gasteiger partial charge in [0.15, 0.2) is 0 Å². The quantitative estimate of drug-likeness (QED) is 0.0423. The first kappa shape index (κ1) is 58.0. The molecule has 0 aromatic heterocycles. The van der Waals surface area contributed by atoms with E-state index in [2.05, 4.69) is 165 Å². The lowest BCUT2D eigenvalue weighted by Crippen LogP contribution is -2.45. The second-order valence-corrected chi connectivity index (χ2v) is 15.8. The number of rotatable bonds is 42. The first-order valence-electron chi connectivity index (χ1n) is 24.7.